The molecule has 0 radical (unpaired) electrons. The minimum absolute atomic E-state index is 0.0246. The van der Waals surface area contributed by atoms with Crippen LogP contribution in [0.3, 0.4) is 0 Å². The first-order chi connectivity index (χ1) is 6.27. The summed E-state index contributed by atoms with van der Waals surface area (Å²) < 4.78 is 5.10. The Morgan fingerprint density at radius 3 is 2.77 bits per heavy atom. The van der Waals surface area contributed by atoms with Crippen molar-refractivity contribution in [2.24, 2.45) is 0 Å². The van der Waals surface area contributed by atoms with E-state index in [1.54, 1.807) is 6.07 Å². The van der Waals surface area contributed by atoms with Crippen LogP contribution in [0.1, 0.15) is 10.6 Å². The van der Waals surface area contributed by atoms with Crippen molar-refractivity contribution in [3.63, 3.8) is 0 Å². The van der Waals surface area contributed by atoms with Gasteiger partial charge in [-0.25, -0.2) is 4.79 Å². The number of rotatable bonds is 2. The molecule has 0 fully saturated rings. The Labute approximate surface area is 78.2 Å². The van der Waals surface area contributed by atoms with Gasteiger partial charge in [0, 0.05) is 0 Å². The smallest absolute Gasteiger partial charge is 0.371 e. The van der Waals surface area contributed by atoms with Gasteiger partial charge < -0.3 is 9.52 Å². The van der Waals surface area contributed by atoms with Crippen LogP contribution in [0, 0.1) is 0 Å². The van der Waals surface area contributed by atoms with Crippen molar-refractivity contribution < 1.29 is 14.3 Å². The van der Waals surface area contributed by atoms with Crippen LogP contribution in [-0.2, 0) is 0 Å². The predicted octanol–water partition coefficient (Wildman–Crippen LogP) is 2.71. The first-order valence-electron chi connectivity index (χ1n) is 3.64. The van der Waals surface area contributed by atoms with Crippen molar-refractivity contribution >= 4 is 17.3 Å². The van der Waals surface area contributed by atoms with Gasteiger partial charge in [0.2, 0.25) is 5.76 Å². The number of hydrogen-bond donors (Lipinski definition) is 1. The zero-order valence-electron chi connectivity index (χ0n) is 6.56. The lowest BCUT2D eigenvalue weighted by Gasteiger charge is -1.88. The van der Waals surface area contributed by atoms with E-state index in [0.29, 0.717) is 5.76 Å². The lowest BCUT2D eigenvalue weighted by molar-refractivity contribution is 0.0663. The summed E-state index contributed by atoms with van der Waals surface area (Å²) in [6.07, 6.45) is 0. The normalized spacial score (nSPS) is 10.2. The molecule has 0 aromatic carbocycles. The molecular formula is C9H6O3S. The molecule has 0 unspecified atom stereocenters. The summed E-state index contributed by atoms with van der Waals surface area (Å²) in [5.74, 6) is -0.460. The van der Waals surface area contributed by atoms with Gasteiger partial charge in [-0.2, -0.15) is 0 Å². The fourth-order valence-corrected chi connectivity index (χ4v) is 1.69. The molecule has 0 aliphatic rings. The van der Waals surface area contributed by atoms with Gasteiger partial charge in [-0.1, -0.05) is 6.07 Å². The summed E-state index contributed by atoms with van der Waals surface area (Å²) in [6.45, 7) is 0. The second-order valence-electron chi connectivity index (χ2n) is 2.45. The Balaban J connectivity index is 2.39. The Hall–Kier alpha value is -1.55. The van der Waals surface area contributed by atoms with Crippen LogP contribution in [-0.4, -0.2) is 11.1 Å². The summed E-state index contributed by atoms with van der Waals surface area (Å²) in [7, 11) is 0. The van der Waals surface area contributed by atoms with Crippen molar-refractivity contribution in [1.82, 2.24) is 0 Å². The van der Waals surface area contributed by atoms with Crippen LogP contribution in [0.2, 0.25) is 0 Å². The van der Waals surface area contributed by atoms with E-state index in [1.807, 2.05) is 17.5 Å². The van der Waals surface area contributed by atoms with Crippen LogP contribution >= 0.6 is 11.3 Å². The third kappa shape index (κ3) is 1.48. The van der Waals surface area contributed by atoms with E-state index in [9.17, 15) is 4.79 Å². The van der Waals surface area contributed by atoms with E-state index in [2.05, 4.69) is 0 Å². The van der Waals surface area contributed by atoms with Gasteiger partial charge in [-0.05, 0) is 23.6 Å². The van der Waals surface area contributed by atoms with E-state index < -0.39 is 5.97 Å². The summed E-state index contributed by atoms with van der Waals surface area (Å²) in [4.78, 5) is 11.4. The SMILES string of the molecule is O=C(O)c1ccc(-c2cccs2)o1. The Morgan fingerprint density at radius 2 is 2.23 bits per heavy atom. The van der Waals surface area contributed by atoms with Crippen molar-refractivity contribution in [3.8, 4) is 10.6 Å². The highest BCUT2D eigenvalue weighted by molar-refractivity contribution is 7.13. The molecule has 0 amide bonds. The highest BCUT2D eigenvalue weighted by Crippen LogP contribution is 2.26. The maximum absolute atomic E-state index is 10.5. The largest absolute Gasteiger partial charge is 0.475 e. The average Bonchev–Trinajstić information content (AvgIpc) is 2.75. The highest BCUT2D eigenvalue weighted by atomic mass is 32.1. The molecule has 3 nitrogen and oxygen atoms in total. The molecule has 4 heteroatoms. The lowest BCUT2D eigenvalue weighted by Crippen LogP contribution is -1.91. The van der Waals surface area contributed by atoms with Gasteiger partial charge in [-0.3, -0.25) is 0 Å². The summed E-state index contributed by atoms with van der Waals surface area (Å²) >= 11 is 1.51. The van der Waals surface area contributed by atoms with E-state index in [4.69, 9.17) is 9.52 Å². The fraction of sp³-hybridized carbons (Fsp3) is 0. The van der Waals surface area contributed by atoms with Crippen LogP contribution in [0.25, 0.3) is 10.6 Å². The van der Waals surface area contributed by atoms with Crippen molar-refractivity contribution in [3.05, 3.63) is 35.4 Å². The standard InChI is InChI=1S/C9H6O3S/c10-9(11)7-4-3-6(12-7)8-2-1-5-13-8/h1-5H,(H,10,11). The molecule has 2 heterocycles. The van der Waals surface area contributed by atoms with Gasteiger partial charge in [0.05, 0.1) is 4.88 Å². The van der Waals surface area contributed by atoms with Crippen molar-refractivity contribution in [1.29, 1.82) is 0 Å². The molecule has 66 valence electrons. The second-order valence-corrected chi connectivity index (χ2v) is 3.39. The van der Waals surface area contributed by atoms with Crippen LogP contribution in [0.4, 0.5) is 0 Å². The quantitative estimate of drug-likeness (QED) is 0.799. The number of thiophene rings is 1. The monoisotopic (exact) mass is 194 g/mol. The molecule has 0 atom stereocenters. The Kier molecular flexibility index (Phi) is 1.90. The number of carbonyl (C=O) groups is 1. The van der Waals surface area contributed by atoms with Gasteiger partial charge in [-0.15, -0.1) is 11.3 Å². The Morgan fingerprint density at radius 1 is 1.38 bits per heavy atom. The molecule has 0 saturated heterocycles. The third-order valence-corrected chi connectivity index (χ3v) is 2.47. The molecule has 0 saturated carbocycles. The fourth-order valence-electron chi connectivity index (χ4n) is 1.00. The number of carboxylic acids is 1. The molecule has 2 aromatic rings. The minimum atomic E-state index is -1.04. The zero-order valence-corrected chi connectivity index (χ0v) is 7.38. The summed E-state index contributed by atoms with van der Waals surface area (Å²) in [5, 5.41) is 10.5. The predicted molar refractivity (Wildman–Crippen MR) is 49.0 cm³/mol. The van der Waals surface area contributed by atoms with Crippen LogP contribution in [0.5, 0.6) is 0 Å². The number of aromatic carboxylic acids is 1. The topological polar surface area (TPSA) is 50.4 Å². The van der Waals surface area contributed by atoms with E-state index in [0.717, 1.165) is 4.88 Å². The van der Waals surface area contributed by atoms with E-state index in [-0.39, 0.29) is 5.76 Å². The number of furan rings is 1. The first-order valence-corrected chi connectivity index (χ1v) is 4.52. The summed E-state index contributed by atoms with van der Waals surface area (Å²) in [5.41, 5.74) is 0. The lowest BCUT2D eigenvalue weighted by atomic mass is 10.3. The minimum Gasteiger partial charge on any atom is -0.475 e. The average molecular weight is 194 g/mol. The number of hydrogen-bond acceptors (Lipinski definition) is 3. The van der Waals surface area contributed by atoms with Crippen molar-refractivity contribution in [2.75, 3.05) is 0 Å². The molecule has 0 aliphatic heterocycles. The maximum atomic E-state index is 10.5. The van der Waals surface area contributed by atoms with Gasteiger partial charge in [0.25, 0.3) is 0 Å². The summed E-state index contributed by atoms with van der Waals surface area (Å²) in [6, 6.07) is 6.89. The van der Waals surface area contributed by atoms with Crippen molar-refractivity contribution in [2.45, 2.75) is 0 Å². The van der Waals surface area contributed by atoms with Crippen LogP contribution in [0.15, 0.2) is 34.1 Å². The first kappa shape index (κ1) is 8.07. The molecule has 1 N–H and O–H groups in total. The molecular weight excluding hydrogens is 188 g/mol. The van der Waals surface area contributed by atoms with E-state index in [1.165, 1.54) is 17.4 Å². The molecule has 0 spiro atoms. The van der Waals surface area contributed by atoms with Gasteiger partial charge in [0.15, 0.2) is 0 Å². The molecule has 0 bridgehead atoms. The molecule has 0 aliphatic carbocycles. The highest BCUT2D eigenvalue weighted by Gasteiger charge is 2.10. The van der Waals surface area contributed by atoms with Crippen LogP contribution < -0.4 is 0 Å². The van der Waals surface area contributed by atoms with Gasteiger partial charge >= 0.3 is 5.97 Å². The van der Waals surface area contributed by atoms with E-state index >= 15 is 0 Å². The molecule has 2 rings (SSSR count). The zero-order chi connectivity index (χ0) is 9.26. The molecule has 2 aromatic heterocycles. The second kappa shape index (κ2) is 3.06. The van der Waals surface area contributed by atoms with Gasteiger partial charge in [0.1, 0.15) is 5.76 Å². The Bertz CT molecular complexity index is 414. The molecule has 13 heavy (non-hydrogen) atoms. The number of carboxylic acid groups (broad SMARTS) is 1. The maximum Gasteiger partial charge on any atom is 0.371 e. The third-order valence-electron chi connectivity index (χ3n) is 1.58.